The quantitative estimate of drug-likeness (QED) is 0.431. The lowest BCUT2D eigenvalue weighted by atomic mass is 10.1. The highest BCUT2D eigenvalue weighted by Crippen LogP contribution is 2.36. The molecule has 4 aromatic rings. The van der Waals surface area contributed by atoms with Crippen molar-refractivity contribution in [3.63, 3.8) is 0 Å². The van der Waals surface area contributed by atoms with E-state index in [9.17, 15) is 4.79 Å². The molecule has 0 aliphatic heterocycles. The molecule has 4 rings (SSSR count). The van der Waals surface area contributed by atoms with Gasteiger partial charge < -0.3 is 14.3 Å². The van der Waals surface area contributed by atoms with Crippen LogP contribution in [0.4, 0.5) is 0 Å². The molecule has 0 aliphatic rings. The molecule has 0 saturated carbocycles. The zero-order valence-electron chi connectivity index (χ0n) is 15.6. The van der Waals surface area contributed by atoms with Gasteiger partial charge in [0.1, 0.15) is 29.7 Å². The molecule has 0 aliphatic carbocycles. The molecule has 7 heteroatoms. The number of nitrogens with one attached hydrogen (secondary N) is 2. The minimum absolute atomic E-state index is 0.241. The molecule has 0 fully saturated rings. The summed E-state index contributed by atoms with van der Waals surface area (Å²) in [6.07, 6.45) is 3.68. The molecule has 146 valence electrons. The van der Waals surface area contributed by atoms with Gasteiger partial charge in [-0.25, -0.2) is 14.8 Å². The first-order valence-corrected chi connectivity index (χ1v) is 9.91. The zero-order chi connectivity index (χ0) is 20.2. The van der Waals surface area contributed by atoms with Gasteiger partial charge in [0.2, 0.25) is 0 Å². The van der Waals surface area contributed by atoms with Crippen molar-refractivity contribution < 1.29 is 24.0 Å². The molecule has 2 heterocycles. The van der Waals surface area contributed by atoms with Crippen LogP contribution in [-0.4, -0.2) is 23.2 Å². The third-order valence-corrected chi connectivity index (χ3v) is 5.42. The molecule has 2 aromatic carbocycles. The van der Waals surface area contributed by atoms with Gasteiger partial charge in [-0.05, 0) is 42.1 Å². The Balaban J connectivity index is 1.72. The molecule has 0 radical (unpaired) electrons. The summed E-state index contributed by atoms with van der Waals surface area (Å²) in [5, 5.41) is 10.1. The summed E-state index contributed by atoms with van der Waals surface area (Å²) in [5.74, 6) is 1.93. The predicted octanol–water partition coefficient (Wildman–Crippen LogP) is 4.75. The van der Waals surface area contributed by atoms with Crippen LogP contribution in [0.3, 0.4) is 0 Å². The Morgan fingerprint density at radius 1 is 1.17 bits per heavy atom. The summed E-state index contributed by atoms with van der Waals surface area (Å²) >= 11 is 1.62. The molecule has 0 bridgehead atoms. The van der Waals surface area contributed by atoms with Crippen molar-refractivity contribution in [3.8, 4) is 28.4 Å². The fourth-order valence-corrected chi connectivity index (χ4v) is 3.79. The lowest BCUT2D eigenvalue weighted by molar-refractivity contribution is -0.425. The molecule has 2 aromatic heterocycles. The van der Waals surface area contributed by atoms with E-state index in [0.717, 1.165) is 39.1 Å². The number of carboxylic acids is 1. The van der Waals surface area contributed by atoms with Crippen LogP contribution in [0.15, 0.2) is 76.6 Å². The van der Waals surface area contributed by atoms with Crippen molar-refractivity contribution in [2.24, 2.45) is 0 Å². The molecule has 0 unspecified atom stereocenters. The summed E-state index contributed by atoms with van der Waals surface area (Å²) in [7, 11) is 1.63. The number of thioether (sulfide) groups is 1. The maximum Gasteiger partial charge on any atom is 0.335 e. The van der Waals surface area contributed by atoms with Gasteiger partial charge in [-0.3, -0.25) is 0 Å². The van der Waals surface area contributed by atoms with Crippen molar-refractivity contribution in [2.75, 3.05) is 7.11 Å². The second kappa shape index (κ2) is 8.28. The minimum atomic E-state index is -0.953. The number of aromatic nitrogens is 2. The number of imidazole rings is 1. The first-order chi connectivity index (χ1) is 14.1. The number of carboxylic acid groups (broad SMARTS) is 1. The van der Waals surface area contributed by atoms with Crippen LogP contribution in [0, 0.1) is 0 Å². The number of H-pyrrole nitrogens is 2. The molecule has 0 amide bonds. The Labute approximate surface area is 171 Å². The van der Waals surface area contributed by atoms with Crippen LogP contribution in [0.5, 0.6) is 5.75 Å². The first kappa shape index (κ1) is 18.9. The Morgan fingerprint density at radius 2 is 2.00 bits per heavy atom. The summed E-state index contributed by atoms with van der Waals surface area (Å²) in [4.78, 5) is 17.4. The Hall–Kier alpha value is -3.45. The fourth-order valence-electron chi connectivity index (χ4n) is 2.97. The van der Waals surface area contributed by atoms with E-state index in [4.69, 9.17) is 14.3 Å². The predicted molar refractivity (Wildman–Crippen MR) is 110 cm³/mol. The summed E-state index contributed by atoms with van der Waals surface area (Å²) in [5.41, 5.74) is 3.00. The van der Waals surface area contributed by atoms with Crippen LogP contribution in [0.25, 0.3) is 22.6 Å². The van der Waals surface area contributed by atoms with Crippen molar-refractivity contribution in [1.82, 2.24) is 4.98 Å². The van der Waals surface area contributed by atoms with E-state index >= 15 is 0 Å². The minimum Gasteiger partial charge on any atom is -0.497 e. The number of hydrogen-bond acceptors (Lipinski definition) is 4. The van der Waals surface area contributed by atoms with Gasteiger partial charge in [-0.15, -0.1) is 0 Å². The third-order valence-electron chi connectivity index (χ3n) is 4.44. The van der Waals surface area contributed by atoms with Gasteiger partial charge >= 0.3 is 11.1 Å². The summed E-state index contributed by atoms with van der Waals surface area (Å²) in [6, 6.07) is 16.4. The number of benzene rings is 2. The van der Waals surface area contributed by atoms with Gasteiger partial charge in [0.15, 0.2) is 0 Å². The van der Waals surface area contributed by atoms with Gasteiger partial charge in [0.05, 0.1) is 12.7 Å². The zero-order valence-corrected chi connectivity index (χ0v) is 16.5. The largest absolute Gasteiger partial charge is 0.497 e. The van der Waals surface area contributed by atoms with Crippen molar-refractivity contribution in [2.45, 2.75) is 10.9 Å². The average molecular weight is 407 g/mol. The number of methoxy groups -OCH3 is 1. The molecular formula is C22H19N2O4S+. The lowest BCUT2D eigenvalue weighted by Gasteiger charge is -2.03. The molecule has 6 nitrogen and oxygen atoms in total. The molecule has 0 saturated heterocycles. The van der Waals surface area contributed by atoms with Crippen molar-refractivity contribution >= 4 is 17.7 Å². The lowest BCUT2D eigenvalue weighted by Crippen LogP contribution is -1.99. The van der Waals surface area contributed by atoms with E-state index in [-0.39, 0.29) is 5.56 Å². The van der Waals surface area contributed by atoms with E-state index in [1.165, 1.54) is 0 Å². The van der Waals surface area contributed by atoms with E-state index in [2.05, 4.69) is 9.97 Å². The number of rotatable bonds is 7. The maximum atomic E-state index is 11.2. The number of hydrogen-bond donors (Lipinski definition) is 2. The smallest absolute Gasteiger partial charge is 0.335 e. The van der Waals surface area contributed by atoms with Crippen LogP contribution >= 0.6 is 11.8 Å². The SMILES string of the molecule is COc1cccc(-c2cc(CSc3[nH]cc[nH+]3)c(-c3ccc(C(=O)O)cc3)o2)c1. The van der Waals surface area contributed by atoms with Crippen molar-refractivity contribution in [3.05, 3.63) is 78.1 Å². The van der Waals surface area contributed by atoms with Gasteiger partial charge in [-0.2, -0.15) is 0 Å². The van der Waals surface area contributed by atoms with Gasteiger partial charge in [-0.1, -0.05) is 24.3 Å². The van der Waals surface area contributed by atoms with E-state index < -0.39 is 5.97 Å². The molecule has 29 heavy (non-hydrogen) atoms. The Morgan fingerprint density at radius 3 is 2.69 bits per heavy atom. The van der Waals surface area contributed by atoms with Crippen LogP contribution in [0.1, 0.15) is 15.9 Å². The summed E-state index contributed by atoms with van der Waals surface area (Å²) in [6.45, 7) is 0. The Kier molecular flexibility index (Phi) is 5.39. The van der Waals surface area contributed by atoms with Crippen LogP contribution < -0.4 is 9.72 Å². The number of aromatic carboxylic acids is 1. The van der Waals surface area contributed by atoms with Crippen molar-refractivity contribution in [1.29, 1.82) is 0 Å². The molecule has 0 spiro atoms. The van der Waals surface area contributed by atoms with Crippen LogP contribution in [-0.2, 0) is 5.75 Å². The average Bonchev–Trinajstić information content (AvgIpc) is 3.42. The first-order valence-electron chi connectivity index (χ1n) is 8.93. The van der Waals surface area contributed by atoms with Gasteiger partial charge in [0, 0.05) is 22.4 Å². The topological polar surface area (TPSA) is 89.6 Å². The molecule has 0 atom stereocenters. The Bertz CT molecular complexity index is 1120. The monoisotopic (exact) mass is 407 g/mol. The van der Waals surface area contributed by atoms with E-state index in [0.29, 0.717) is 5.75 Å². The van der Waals surface area contributed by atoms with E-state index in [1.807, 2.05) is 42.7 Å². The number of aromatic amines is 2. The normalized spacial score (nSPS) is 10.8. The summed E-state index contributed by atoms with van der Waals surface area (Å²) < 4.78 is 11.5. The van der Waals surface area contributed by atoms with Crippen LogP contribution in [0.2, 0.25) is 0 Å². The molecule has 3 N–H and O–H groups in total. The highest BCUT2D eigenvalue weighted by atomic mass is 32.2. The maximum absolute atomic E-state index is 11.2. The highest BCUT2D eigenvalue weighted by molar-refractivity contribution is 7.98. The number of furan rings is 1. The second-order valence-electron chi connectivity index (χ2n) is 6.32. The van der Waals surface area contributed by atoms with Gasteiger partial charge in [0.25, 0.3) is 0 Å². The highest BCUT2D eigenvalue weighted by Gasteiger charge is 2.17. The standard InChI is InChI=1S/C22H18N2O4S/c1-27-18-4-2-3-16(11-18)19-12-17(13-29-22-23-9-10-24-22)20(28-19)14-5-7-15(8-6-14)21(25)26/h2-12H,13H2,1H3,(H,23,24)(H,25,26)/p+1. The fraction of sp³-hybridized carbons (Fsp3) is 0.0909. The number of carbonyl (C=O) groups is 1. The number of ether oxygens (including phenoxy) is 1. The third kappa shape index (κ3) is 4.20. The second-order valence-corrected chi connectivity index (χ2v) is 7.30. The molecular weight excluding hydrogens is 388 g/mol. The van der Waals surface area contributed by atoms with E-state index in [1.54, 1.807) is 43.1 Å².